The fraction of sp³-hybridized carbons (Fsp3) is 0.312. The highest BCUT2D eigenvalue weighted by molar-refractivity contribution is 7.98. The molecule has 0 unspecified atom stereocenters. The molecule has 1 heterocycles. The Balaban J connectivity index is 2.21. The molecule has 1 aromatic carbocycles. The molecule has 0 spiro atoms. The van der Waals surface area contributed by atoms with Crippen molar-refractivity contribution in [3.63, 3.8) is 0 Å². The van der Waals surface area contributed by atoms with Crippen molar-refractivity contribution in [1.82, 2.24) is 4.98 Å². The SMILES string of the molecule is CCc1cc(NCc2ccccc2SC)c(=O)[nH]c1C. The third-order valence-electron chi connectivity index (χ3n) is 3.39. The second-order valence-corrected chi connectivity index (χ2v) is 5.53. The Morgan fingerprint density at radius 3 is 2.70 bits per heavy atom. The van der Waals surface area contributed by atoms with E-state index < -0.39 is 0 Å². The first-order valence-electron chi connectivity index (χ1n) is 6.74. The Morgan fingerprint density at radius 1 is 1.25 bits per heavy atom. The lowest BCUT2D eigenvalue weighted by Gasteiger charge is -2.11. The number of hydrogen-bond donors (Lipinski definition) is 2. The number of aryl methyl sites for hydroxylation is 2. The van der Waals surface area contributed by atoms with Gasteiger partial charge in [-0.3, -0.25) is 4.79 Å². The van der Waals surface area contributed by atoms with Crippen LogP contribution in [0, 0.1) is 6.92 Å². The standard InChI is InChI=1S/C16H20N2OS/c1-4-12-9-14(16(19)18-11(12)2)17-10-13-7-5-6-8-15(13)20-3/h5-9,17H,4,10H2,1-3H3,(H,18,19). The van der Waals surface area contributed by atoms with E-state index in [1.54, 1.807) is 11.8 Å². The van der Waals surface area contributed by atoms with Gasteiger partial charge in [0.05, 0.1) is 0 Å². The summed E-state index contributed by atoms with van der Waals surface area (Å²) in [5, 5.41) is 3.25. The quantitative estimate of drug-likeness (QED) is 0.827. The molecule has 0 fully saturated rings. The molecular formula is C16H20N2OS. The number of aromatic amines is 1. The van der Waals surface area contributed by atoms with Crippen molar-refractivity contribution in [3.8, 4) is 0 Å². The van der Waals surface area contributed by atoms with Crippen molar-refractivity contribution in [2.45, 2.75) is 31.7 Å². The van der Waals surface area contributed by atoms with Crippen LogP contribution < -0.4 is 10.9 Å². The normalized spacial score (nSPS) is 10.6. The van der Waals surface area contributed by atoms with Gasteiger partial charge >= 0.3 is 0 Å². The molecule has 0 aliphatic carbocycles. The van der Waals surface area contributed by atoms with E-state index in [0.29, 0.717) is 12.2 Å². The van der Waals surface area contributed by atoms with Gasteiger partial charge in [0.15, 0.2) is 0 Å². The van der Waals surface area contributed by atoms with Crippen LogP contribution in [0.5, 0.6) is 0 Å². The fourth-order valence-corrected chi connectivity index (χ4v) is 2.82. The fourth-order valence-electron chi connectivity index (χ4n) is 2.20. The van der Waals surface area contributed by atoms with Crippen LogP contribution in [0.2, 0.25) is 0 Å². The number of thioether (sulfide) groups is 1. The molecule has 20 heavy (non-hydrogen) atoms. The number of anilines is 1. The van der Waals surface area contributed by atoms with Crippen LogP contribution in [-0.4, -0.2) is 11.2 Å². The van der Waals surface area contributed by atoms with Crippen molar-refractivity contribution >= 4 is 17.4 Å². The molecule has 0 amide bonds. The zero-order valence-electron chi connectivity index (χ0n) is 12.1. The lowest BCUT2D eigenvalue weighted by molar-refractivity contribution is 1.01. The second kappa shape index (κ2) is 6.66. The third-order valence-corrected chi connectivity index (χ3v) is 4.23. The number of pyridine rings is 1. The van der Waals surface area contributed by atoms with E-state index in [1.807, 2.05) is 25.1 Å². The predicted molar refractivity (Wildman–Crippen MR) is 86.7 cm³/mol. The minimum atomic E-state index is -0.0543. The molecule has 2 aromatic rings. The van der Waals surface area contributed by atoms with Crippen LogP contribution in [0.1, 0.15) is 23.7 Å². The predicted octanol–water partition coefficient (Wildman–Crippen LogP) is 3.58. The molecule has 0 saturated carbocycles. The summed E-state index contributed by atoms with van der Waals surface area (Å²) < 4.78 is 0. The lowest BCUT2D eigenvalue weighted by Crippen LogP contribution is -2.16. The smallest absolute Gasteiger partial charge is 0.271 e. The van der Waals surface area contributed by atoms with Crippen molar-refractivity contribution in [2.75, 3.05) is 11.6 Å². The van der Waals surface area contributed by atoms with Crippen LogP contribution >= 0.6 is 11.8 Å². The van der Waals surface area contributed by atoms with Gasteiger partial charge in [-0.05, 0) is 42.9 Å². The van der Waals surface area contributed by atoms with E-state index in [1.165, 1.54) is 16.0 Å². The molecule has 0 aliphatic heterocycles. The second-order valence-electron chi connectivity index (χ2n) is 4.68. The molecule has 0 atom stereocenters. The van der Waals surface area contributed by atoms with E-state index in [4.69, 9.17) is 0 Å². The maximum Gasteiger partial charge on any atom is 0.271 e. The molecule has 106 valence electrons. The molecule has 4 heteroatoms. The van der Waals surface area contributed by atoms with Crippen LogP contribution in [0.4, 0.5) is 5.69 Å². The summed E-state index contributed by atoms with van der Waals surface area (Å²) in [5.74, 6) is 0. The van der Waals surface area contributed by atoms with Gasteiger partial charge in [-0.1, -0.05) is 25.1 Å². The summed E-state index contributed by atoms with van der Waals surface area (Å²) in [5.41, 5.74) is 3.92. The molecular weight excluding hydrogens is 268 g/mol. The first kappa shape index (κ1) is 14.7. The zero-order valence-corrected chi connectivity index (χ0v) is 12.9. The number of H-pyrrole nitrogens is 1. The van der Waals surface area contributed by atoms with Crippen LogP contribution in [-0.2, 0) is 13.0 Å². The van der Waals surface area contributed by atoms with Crippen molar-refractivity contribution in [1.29, 1.82) is 0 Å². The highest BCUT2D eigenvalue weighted by Crippen LogP contribution is 2.20. The van der Waals surface area contributed by atoms with Crippen molar-refractivity contribution in [2.24, 2.45) is 0 Å². The molecule has 0 bridgehead atoms. The molecule has 0 aliphatic rings. The van der Waals surface area contributed by atoms with Gasteiger partial charge < -0.3 is 10.3 Å². The molecule has 0 saturated heterocycles. The van der Waals surface area contributed by atoms with Gasteiger partial charge in [0.25, 0.3) is 5.56 Å². The molecule has 0 radical (unpaired) electrons. The highest BCUT2D eigenvalue weighted by atomic mass is 32.2. The highest BCUT2D eigenvalue weighted by Gasteiger charge is 2.06. The number of rotatable bonds is 5. The van der Waals surface area contributed by atoms with Crippen molar-refractivity contribution in [3.05, 3.63) is 57.5 Å². The Morgan fingerprint density at radius 2 is 2.00 bits per heavy atom. The number of hydrogen-bond acceptors (Lipinski definition) is 3. The average Bonchev–Trinajstić information content (AvgIpc) is 2.46. The largest absolute Gasteiger partial charge is 0.376 e. The third kappa shape index (κ3) is 3.25. The first-order valence-corrected chi connectivity index (χ1v) is 7.96. The summed E-state index contributed by atoms with van der Waals surface area (Å²) in [6.45, 7) is 4.69. The van der Waals surface area contributed by atoms with E-state index in [-0.39, 0.29) is 5.56 Å². The number of nitrogens with one attached hydrogen (secondary N) is 2. The zero-order chi connectivity index (χ0) is 14.5. The minimum absolute atomic E-state index is 0.0543. The van der Waals surface area contributed by atoms with Gasteiger partial charge in [-0.25, -0.2) is 0 Å². The lowest BCUT2D eigenvalue weighted by atomic mass is 10.1. The van der Waals surface area contributed by atoms with Gasteiger partial charge in [0, 0.05) is 17.1 Å². The summed E-state index contributed by atoms with van der Waals surface area (Å²) in [4.78, 5) is 16.1. The monoisotopic (exact) mass is 288 g/mol. The Kier molecular flexibility index (Phi) is 4.90. The van der Waals surface area contributed by atoms with Gasteiger partial charge in [-0.2, -0.15) is 0 Å². The van der Waals surface area contributed by atoms with E-state index >= 15 is 0 Å². The van der Waals surface area contributed by atoms with Crippen LogP contribution in [0.3, 0.4) is 0 Å². The van der Waals surface area contributed by atoms with E-state index in [2.05, 4.69) is 35.6 Å². The van der Waals surface area contributed by atoms with Crippen molar-refractivity contribution < 1.29 is 0 Å². The summed E-state index contributed by atoms with van der Waals surface area (Å²) in [7, 11) is 0. The summed E-state index contributed by atoms with van der Waals surface area (Å²) in [6, 6.07) is 10.2. The Hall–Kier alpha value is -1.68. The molecule has 2 N–H and O–H groups in total. The molecule has 3 nitrogen and oxygen atoms in total. The molecule has 2 rings (SSSR count). The summed E-state index contributed by atoms with van der Waals surface area (Å²) in [6.07, 6.45) is 2.98. The van der Waals surface area contributed by atoms with E-state index in [9.17, 15) is 4.79 Å². The van der Waals surface area contributed by atoms with Gasteiger partial charge in [-0.15, -0.1) is 11.8 Å². The minimum Gasteiger partial charge on any atom is -0.376 e. The first-order chi connectivity index (χ1) is 9.65. The van der Waals surface area contributed by atoms with E-state index in [0.717, 1.165) is 12.1 Å². The average molecular weight is 288 g/mol. The maximum absolute atomic E-state index is 12.0. The number of benzene rings is 1. The van der Waals surface area contributed by atoms with Gasteiger partial charge in [0.2, 0.25) is 0 Å². The van der Waals surface area contributed by atoms with Crippen LogP contribution in [0.15, 0.2) is 40.0 Å². The van der Waals surface area contributed by atoms with Crippen LogP contribution in [0.25, 0.3) is 0 Å². The topological polar surface area (TPSA) is 44.9 Å². The van der Waals surface area contributed by atoms with Gasteiger partial charge in [0.1, 0.15) is 5.69 Å². The number of aromatic nitrogens is 1. The Bertz CT molecular complexity index is 649. The summed E-state index contributed by atoms with van der Waals surface area (Å²) >= 11 is 1.72. The maximum atomic E-state index is 12.0. The molecule has 1 aromatic heterocycles. The Labute approximate surface area is 123 Å².